The maximum Gasteiger partial charge on any atom is 0.407 e. The Morgan fingerprint density at radius 2 is 1.45 bits per heavy atom. The van der Waals surface area contributed by atoms with Gasteiger partial charge in [-0.15, -0.1) is 0 Å². The smallest absolute Gasteiger partial charge is 0.407 e. The topological polar surface area (TPSA) is 195 Å². The number of nitrogens with zero attached hydrogens (tertiary/aromatic N) is 2. The average Bonchev–Trinajstić information content (AvgIpc) is 3.41. The summed E-state index contributed by atoms with van der Waals surface area (Å²) in [5.74, 6) is -2.24. The lowest BCUT2D eigenvalue weighted by Crippen LogP contribution is -2.52. The van der Waals surface area contributed by atoms with E-state index < -0.39 is 47.8 Å². The van der Waals surface area contributed by atoms with Crippen molar-refractivity contribution < 1.29 is 47.7 Å². The highest BCUT2D eigenvalue weighted by Gasteiger charge is 2.30. The molecule has 0 radical (unpaired) electrons. The van der Waals surface area contributed by atoms with Crippen LogP contribution in [0.1, 0.15) is 70.4 Å². The molecule has 51 heavy (non-hydrogen) atoms. The molecule has 1 aliphatic rings. The van der Waals surface area contributed by atoms with Gasteiger partial charge in [-0.1, -0.05) is 62.4 Å². The zero-order chi connectivity index (χ0) is 37.2. The number of Topliss-reactive ketones (excluding diaryl/α,β-unsaturated/α-hetero) is 1. The molecule has 0 spiro atoms. The number of esters is 1. The lowest BCUT2D eigenvalue weighted by Gasteiger charge is -2.24. The molecule has 0 bridgehead atoms. The number of nitrogens with one attached hydrogen (secondary N) is 3. The van der Waals surface area contributed by atoms with Crippen LogP contribution in [0.2, 0.25) is 0 Å². The molecule has 3 rings (SSSR count). The Labute approximate surface area is 298 Å². The van der Waals surface area contributed by atoms with Gasteiger partial charge in [0.15, 0.2) is 0 Å². The summed E-state index contributed by atoms with van der Waals surface area (Å²) >= 11 is 0. The van der Waals surface area contributed by atoms with E-state index in [4.69, 9.17) is 24.5 Å². The number of alkyl carbamates (subject to hydrolysis) is 1. The summed E-state index contributed by atoms with van der Waals surface area (Å²) in [5, 5.41) is 7.98. The third-order valence-corrected chi connectivity index (χ3v) is 7.90. The second-order valence-corrected chi connectivity index (χ2v) is 12.8. The van der Waals surface area contributed by atoms with Crippen LogP contribution < -0.4 is 16.0 Å². The SMILES string of the molecule is CC(C)C[C@H](NC(=O)CCOCCOCCNC(=O)OCC1c2ccccc2-c2ccccc21)C(=O)N[C@@H](CCC(=O)C=[N+]=[N-])C(=O)OC(C)C. The largest absolute Gasteiger partial charge is 0.461 e. The Bertz CT molecular complexity index is 1490. The number of benzene rings is 2. The van der Waals surface area contributed by atoms with Crippen LogP contribution in [0.25, 0.3) is 16.7 Å². The molecule has 0 fully saturated rings. The Kier molecular flexibility index (Phi) is 17.0. The molecule has 0 saturated carbocycles. The lowest BCUT2D eigenvalue weighted by molar-refractivity contribution is -0.152. The summed E-state index contributed by atoms with van der Waals surface area (Å²) in [5.41, 5.74) is 13.2. The van der Waals surface area contributed by atoms with Crippen LogP contribution in [0.3, 0.4) is 0 Å². The van der Waals surface area contributed by atoms with Crippen molar-refractivity contribution in [1.82, 2.24) is 16.0 Å². The van der Waals surface area contributed by atoms with Gasteiger partial charge < -0.3 is 40.4 Å². The third-order valence-electron chi connectivity index (χ3n) is 7.90. The van der Waals surface area contributed by atoms with E-state index >= 15 is 0 Å². The highest BCUT2D eigenvalue weighted by atomic mass is 16.6. The number of rotatable bonds is 22. The lowest BCUT2D eigenvalue weighted by atomic mass is 9.98. The third kappa shape index (κ3) is 13.7. The maximum atomic E-state index is 13.1. The minimum atomic E-state index is -1.14. The predicted molar refractivity (Wildman–Crippen MR) is 188 cm³/mol. The standard InChI is InChI=1S/C37H49N5O9/c1-24(2)21-33(35(45)42-32(36(46)51-25(3)4)14-13-26(43)22-40-38)41-34(44)15-17-48-19-20-49-18-16-39-37(47)50-23-31-29-11-7-5-9-27(29)28-10-6-8-12-30(28)31/h5-12,22,24-25,31-33H,13-21,23H2,1-4H3,(H,39,47)(H,41,44)(H,42,45)/t32-,33-/m0/s1. The van der Waals surface area contributed by atoms with E-state index in [1.807, 2.05) is 38.1 Å². The average molecular weight is 708 g/mol. The van der Waals surface area contributed by atoms with Gasteiger partial charge >= 0.3 is 18.3 Å². The zero-order valence-corrected chi connectivity index (χ0v) is 29.7. The van der Waals surface area contributed by atoms with Crippen molar-refractivity contribution >= 4 is 35.9 Å². The minimum absolute atomic E-state index is 0.0149. The van der Waals surface area contributed by atoms with Gasteiger partial charge in [0, 0.05) is 25.3 Å². The maximum absolute atomic E-state index is 13.1. The molecule has 0 heterocycles. The van der Waals surface area contributed by atoms with Gasteiger partial charge in [0.25, 0.3) is 0 Å². The van der Waals surface area contributed by atoms with Crippen LogP contribution in [0.4, 0.5) is 4.79 Å². The van der Waals surface area contributed by atoms with Crippen LogP contribution in [0.15, 0.2) is 48.5 Å². The Morgan fingerprint density at radius 1 is 0.824 bits per heavy atom. The van der Waals surface area contributed by atoms with Gasteiger partial charge in [-0.05, 0) is 54.9 Å². The fourth-order valence-corrected chi connectivity index (χ4v) is 5.58. The fraction of sp³-hybridized carbons (Fsp3) is 0.514. The fourth-order valence-electron chi connectivity index (χ4n) is 5.58. The van der Waals surface area contributed by atoms with Crippen molar-refractivity contribution in [2.45, 2.75) is 77.5 Å². The van der Waals surface area contributed by atoms with Crippen molar-refractivity contribution in [1.29, 1.82) is 0 Å². The molecule has 14 nitrogen and oxygen atoms in total. The van der Waals surface area contributed by atoms with E-state index in [1.165, 1.54) is 0 Å². The van der Waals surface area contributed by atoms with Gasteiger partial charge in [-0.3, -0.25) is 14.4 Å². The number of amides is 3. The van der Waals surface area contributed by atoms with Crippen molar-refractivity contribution in [2.24, 2.45) is 5.92 Å². The molecule has 0 aliphatic heterocycles. The summed E-state index contributed by atoms with van der Waals surface area (Å²) in [6, 6.07) is 14.2. The monoisotopic (exact) mass is 707 g/mol. The molecule has 2 aromatic carbocycles. The van der Waals surface area contributed by atoms with Crippen molar-refractivity contribution in [3.05, 3.63) is 65.2 Å². The highest BCUT2D eigenvalue weighted by molar-refractivity contribution is 6.25. The Balaban J connectivity index is 1.31. The Morgan fingerprint density at radius 3 is 2.06 bits per heavy atom. The van der Waals surface area contributed by atoms with E-state index in [-0.39, 0.29) is 70.7 Å². The van der Waals surface area contributed by atoms with E-state index in [0.29, 0.717) is 6.42 Å². The molecule has 14 heteroatoms. The second-order valence-electron chi connectivity index (χ2n) is 12.8. The molecule has 0 unspecified atom stereocenters. The normalized spacial score (nSPS) is 13.0. The molecule has 0 aromatic heterocycles. The molecular weight excluding hydrogens is 658 g/mol. The zero-order valence-electron chi connectivity index (χ0n) is 29.7. The molecule has 0 saturated heterocycles. The van der Waals surface area contributed by atoms with E-state index in [9.17, 15) is 24.0 Å². The molecule has 3 amide bonds. The molecule has 276 valence electrons. The first-order valence-electron chi connectivity index (χ1n) is 17.2. The van der Waals surface area contributed by atoms with Crippen molar-refractivity contribution in [2.75, 3.05) is 39.6 Å². The minimum Gasteiger partial charge on any atom is -0.461 e. The summed E-state index contributed by atoms with van der Waals surface area (Å²) in [7, 11) is 0. The summed E-state index contributed by atoms with van der Waals surface area (Å²) in [6.45, 7) is 8.36. The first kappa shape index (κ1) is 40.5. The van der Waals surface area contributed by atoms with Gasteiger partial charge in [0.1, 0.15) is 18.7 Å². The van der Waals surface area contributed by atoms with Crippen molar-refractivity contribution in [3.63, 3.8) is 0 Å². The van der Waals surface area contributed by atoms with Gasteiger partial charge in [-0.25, -0.2) is 9.59 Å². The number of hydrogen-bond donors (Lipinski definition) is 3. The molecule has 2 aromatic rings. The van der Waals surface area contributed by atoms with Crippen LogP contribution in [-0.2, 0) is 38.1 Å². The number of fused-ring (bicyclic) bond motifs is 3. The van der Waals surface area contributed by atoms with Gasteiger partial charge in [0.2, 0.25) is 17.6 Å². The summed E-state index contributed by atoms with van der Waals surface area (Å²) < 4.78 is 21.7. The van der Waals surface area contributed by atoms with E-state index in [0.717, 1.165) is 28.5 Å². The number of ether oxygens (including phenoxy) is 4. The van der Waals surface area contributed by atoms with Gasteiger partial charge in [0.05, 0.1) is 32.5 Å². The summed E-state index contributed by atoms with van der Waals surface area (Å²) in [4.78, 5) is 65.2. The van der Waals surface area contributed by atoms with Crippen LogP contribution >= 0.6 is 0 Å². The first-order chi connectivity index (χ1) is 24.5. The second kappa shape index (κ2) is 21.3. The van der Waals surface area contributed by atoms with Gasteiger partial charge in [-0.2, -0.15) is 4.79 Å². The quantitative estimate of drug-likeness (QED) is 0.0539. The molecular formula is C37H49N5O9. The summed E-state index contributed by atoms with van der Waals surface area (Å²) in [6.07, 6.45) is -0.214. The molecule has 2 atom stereocenters. The number of carbonyl (C=O) groups is 5. The van der Waals surface area contributed by atoms with E-state index in [1.54, 1.807) is 13.8 Å². The highest BCUT2D eigenvalue weighted by Crippen LogP contribution is 2.44. The molecule has 1 aliphatic carbocycles. The molecule has 3 N–H and O–H groups in total. The number of hydrogen-bond acceptors (Lipinski definition) is 9. The first-order valence-corrected chi connectivity index (χ1v) is 17.2. The predicted octanol–water partition coefficient (Wildman–Crippen LogP) is 3.57. The number of ketones is 1. The van der Waals surface area contributed by atoms with Crippen LogP contribution in [0, 0.1) is 5.92 Å². The number of carbonyl (C=O) groups excluding carboxylic acids is 5. The van der Waals surface area contributed by atoms with Crippen LogP contribution in [0.5, 0.6) is 0 Å². The van der Waals surface area contributed by atoms with E-state index in [2.05, 4.69) is 45.0 Å². The van der Waals surface area contributed by atoms with Crippen molar-refractivity contribution in [3.8, 4) is 11.1 Å². The Hall–Kier alpha value is -4.91. The van der Waals surface area contributed by atoms with Crippen LogP contribution in [-0.4, -0.2) is 98.4 Å².